The van der Waals surface area contributed by atoms with Crippen molar-refractivity contribution in [3.8, 4) is 45.0 Å². The van der Waals surface area contributed by atoms with E-state index in [1.807, 2.05) is 0 Å². The third-order valence-corrected chi connectivity index (χ3v) is 11.4. The lowest BCUT2D eigenvalue weighted by Gasteiger charge is -2.16. The van der Waals surface area contributed by atoms with Crippen LogP contribution in [0.4, 0.5) is 0 Å². The highest BCUT2D eigenvalue weighted by Gasteiger charge is 2.21. The summed E-state index contributed by atoms with van der Waals surface area (Å²) in [6, 6.07) is 58.0. The first-order valence-electron chi connectivity index (χ1n) is 17.7. The summed E-state index contributed by atoms with van der Waals surface area (Å²) in [6.07, 6.45) is 0.939. The van der Waals surface area contributed by atoms with Crippen molar-refractivity contribution in [3.63, 3.8) is 0 Å². The van der Waals surface area contributed by atoms with Crippen LogP contribution in [0.1, 0.15) is 11.1 Å². The Labute approximate surface area is 294 Å². The number of benzene rings is 10. The van der Waals surface area contributed by atoms with Gasteiger partial charge in [0.2, 0.25) is 0 Å². The van der Waals surface area contributed by atoms with Gasteiger partial charge in [-0.1, -0.05) is 140 Å². The minimum absolute atomic E-state index is 0.745. The van der Waals surface area contributed by atoms with Gasteiger partial charge in [0.25, 0.3) is 0 Å². The molecule has 0 amide bonds. The minimum Gasteiger partial charge on any atom is -0.228 e. The zero-order valence-corrected chi connectivity index (χ0v) is 27.6. The van der Waals surface area contributed by atoms with E-state index in [0.717, 1.165) is 40.3 Å². The highest BCUT2D eigenvalue weighted by Crippen LogP contribution is 2.43. The standard InChI is InChI=1S/C49H28N2/c1-2-10-37-34(5-1)25-36-26-35(19-20-38(36)37)43-27-44(39-21-15-32-13-11-28-6-3-8-30-16-22-40(39)47(32)45(28)30)51-49(50-43)42-24-18-33-14-12-29-7-4-9-31-17-23-41(42)48(33)46(29)31/h1-24,26-27H,25H2. The van der Waals surface area contributed by atoms with Crippen molar-refractivity contribution in [2.24, 2.45) is 0 Å². The summed E-state index contributed by atoms with van der Waals surface area (Å²) >= 11 is 0. The van der Waals surface area contributed by atoms with Gasteiger partial charge in [-0.3, -0.25) is 0 Å². The molecule has 234 valence electrons. The Morgan fingerprint density at radius 3 is 1.53 bits per heavy atom. The van der Waals surface area contributed by atoms with Gasteiger partial charge in [-0.25, -0.2) is 9.97 Å². The van der Waals surface area contributed by atoms with Crippen molar-refractivity contribution in [1.29, 1.82) is 0 Å². The van der Waals surface area contributed by atoms with E-state index in [-0.39, 0.29) is 0 Å². The van der Waals surface area contributed by atoms with E-state index in [1.165, 1.54) is 86.9 Å². The third kappa shape index (κ3) is 3.82. The number of aromatic nitrogens is 2. The van der Waals surface area contributed by atoms with Crippen molar-refractivity contribution in [2.45, 2.75) is 6.42 Å². The summed E-state index contributed by atoms with van der Waals surface area (Å²) in [4.78, 5) is 10.9. The topological polar surface area (TPSA) is 25.8 Å². The molecule has 11 aromatic rings. The summed E-state index contributed by atoms with van der Waals surface area (Å²) in [7, 11) is 0. The lowest BCUT2D eigenvalue weighted by molar-refractivity contribution is 1.19. The molecule has 0 fully saturated rings. The van der Waals surface area contributed by atoms with E-state index in [0.29, 0.717) is 0 Å². The molecule has 51 heavy (non-hydrogen) atoms. The van der Waals surface area contributed by atoms with Gasteiger partial charge in [-0.15, -0.1) is 0 Å². The fourth-order valence-electron chi connectivity index (χ4n) is 9.05. The third-order valence-electron chi connectivity index (χ3n) is 11.4. The van der Waals surface area contributed by atoms with Crippen LogP contribution < -0.4 is 0 Å². The van der Waals surface area contributed by atoms with E-state index in [9.17, 15) is 0 Å². The zero-order chi connectivity index (χ0) is 33.2. The van der Waals surface area contributed by atoms with Crippen LogP contribution >= 0.6 is 0 Å². The molecule has 0 bridgehead atoms. The predicted molar refractivity (Wildman–Crippen MR) is 214 cm³/mol. The number of hydrogen-bond acceptors (Lipinski definition) is 2. The second-order valence-electron chi connectivity index (χ2n) is 14.1. The SMILES string of the molecule is c1ccc2c(c1)Cc1cc(-c3cc(-c4ccc5ccc6cccc7ccc4c5c67)nc(-c4ccc5ccc6cccc7ccc4c5c67)n3)ccc1-2. The fraction of sp³-hybridized carbons (Fsp3) is 0.0204. The van der Waals surface area contributed by atoms with Crippen LogP contribution in [0, 0.1) is 0 Å². The van der Waals surface area contributed by atoms with Crippen LogP contribution in [0.25, 0.3) is 110 Å². The Kier molecular flexibility index (Phi) is 5.32. The summed E-state index contributed by atoms with van der Waals surface area (Å²) in [5.41, 5.74) is 10.5. The highest BCUT2D eigenvalue weighted by atomic mass is 14.9. The predicted octanol–water partition coefficient (Wildman–Crippen LogP) is 12.8. The quantitative estimate of drug-likeness (QED) is 0.179. The monoisotopic (exact) mass is 644 g/mol. The van der Waals surface area contributed by atoms with Gasteiger partial charge in [-0.05, 0) is 112 Å². The van der Waals surface area contributed by atoms with Crippen LogP contribution in [0.5, 0.6) is 0 Å². The minimum atomic E-state index is 0.745. The van der Waals surface area contributed by atoms with E-state index >= 15 is 0 Å². The van der Waals surface area contributed by atoms with Crippen molar-refractivity contribution >= 4 is 64.6 Å². The molecule has 1 aromatic heterocycles. The van der Waals surface area contributed by atoms with Crippen LogP contribution in [-0.2, 0) is 6.42 Å². The van der Waals surface area contributed by atoms with Crippen molar-refractivity contribution in [2.75, 3.05) is 0 Å². The average molecular weight is 645 g/mol. The molecule has 0 atom stereocenters. The molecule has 0 saturated heterocycles. The molecule has 2 heteroatoms. The van der Waals surface area contributed by atoms with E-state index in [4.69, 9.17) is 9.97 Å². The number of fused-ring (bicyclic) bond motifs is 3. The molecule has 12 rings (SSSR count). The van der Waals surface area contributed by atoms with E-state index < -0.39 is 0 Å². The zero-order valence-electron chi connectivity index (χ0n) is 27.6. The Balaban J connectivity index is 1.14. The molecule has 2 nitrogen and oxygen atoms in total. The molecular weight excluding hydrogens is 617 g/mol. The Morgan fingerprint density at radius 1 is 0.333 bits per heavy atom. The molecule has 0 radical (unpaired) electrons. The molecule has 1 aliphatic rings. The molecular formula is C49H28N2. The molecule has 0 spiro atoms. The molecule has 0 aliphatic heterocycles. The maximum absolute atomic E-state index is 5.46. The number of nitrogens with zero attached hydrogens (tertiary/aromatic N) is 2. The van der Waals surface area contributed by atoms with Gasteiger partial charge < -0.3 is 0 Å². The maximum Gasteiger partial charge on any atom is 0.161 e. The molecule has 1 aliphatic carbocycles. The van der Waals surface area contributed by atoms with Gasteiger partial charge in [-0.2, -0.15) is 0 Å². The van der Waals surface area contributed by atoms with Crippen LogP contribution in [0.3, 0.4) is 0 Å². The van der Waals surface area contributed by atoms with Crippen LogP contribution in [0.2, 0.25) is 0 Å². The molecule has 10 aromatic carbocycles. The van der Waals surface area contributed by atoms with Gasteiger partial charge in [0, 0.05) is 16.7 Å². The Morgan fingerprint density at radius 2 is 0.843 bits per heavy atom. The number of hydrogen-bond donors (Lipinski definition) is 0. The fourth-order valence-corrected chi connectivity index (χ4v) is 9.05. The lowest BCUT2D eigenvalue weighted by Crippen LogP contribution is -1.98. The molecule has 0 unspecified atom stereocenters. The van der Waals surface area contributed by atoms with Gasteiger partial charge in [0.15, 0.2) is 5.82 Å². The van der Waals surface area contributed by atoms with Crippen molar-refractivity contribution < 1.29 is 0 Å². The first-order chi connectivity index (χ1) is 25.2. The first kappa shape index (κ1) is 27.2. The summed E-state index contributed by atoms with van der Waals surface area (Å²) in [6.45, 7) is 0. The smallest absolute Gasteiger partial charge is 0.161 e. The lowest BCUT2D eigenvalue weighted by atomic mass is 9.90. The van der Waals surface area contributed by atoms with Gasteiger partial charge >= 0.3 is 0 Å². The second kappa shape index (κ2) is 9.97. The van der Waals surface area contributed by atoms with Crippen molar-refractivity contribution in [1.82, 2.24) is 9.97 Å². The average Bonchev–Trinajstić information content (AvgIpc) is 3.57. The highest BCUT2D eigenvalue weighted by molar-refractivity contribution is 6.26. The van der Waals surface area contributed by atoms with Crippen LogP contribution in [0.15, 0.2) is 158 Å². The van der Waals surface area contributed by atoms with Gasteiger partial charge in [0.1, 0.15) is 0 Å². The summed E-state index contributed by atoms with van der Waals surface area (Å²) in [5, 5.41) is 15.1. The molecule has 0 saturated carbocycles. The Bertz CT molecular complexity index is 3030. The first-order valence-corrected chi connectivity index (χ1v) is 17.7. The van der Waals surface area contributed by atoms with Gasteiger partial charge in [0.05, 0.1) is 11.4 Å². The summed E-state index contributed by atoms with van der Waals surface area (Å²) < 4.78 is 0. The van der Waals surface area contributed by atoms with Crippen LogP contribution in [-0.4, -0.2) is 9.97 Å². The maximum atomic E-state index is 5.46. The number of rotatable bonds is 3. The molecule has 0 N–H and O–H groups in total. The summed E-state index contributed by atoms with van der Waals surface area (Å²) in [5.74, 6) is 0.745. The van der Waals surface area contributed by atoms with E-state index in [1.54, 1.807) is 0 Å². The second-order valence-corrected chi connectivity index (χ2v) is 14.1. The van der Waals surface area contributed by atoms with Crippen molar-refractivity contribution in [3.05, 3.63) is 169 Å². The van der Waals surface area contributed by atoms with E-state index in [2.05, 4.69) is 158 Å². The largest absolute Gasteiger partial charge is 0.228 e. The molecule has 1 heterocycles. The normalized spacial score (nSPS) is 12.6. The Hall–Kier alpha value is -6.64.